The Morgan fingerprint density at radius 1 is 1.08 bits per heavy atom. The Hall–Kier alpha value is -2.66. The van der Waals surface area contributed by atoms with Gasteiger partial charge in [0.15, 0.2) is 0 Å². The van der Waals surface area contributed by atoms with Gasteiger partial charge in [0.25, 0.3) is 5.91 Å². The molecule has 3 aromatic rings. The summed E-state index contributed by atoms with van der Waals surface area (Å²) in [4.78, 5) is 16.6. The number of nitrogens with one attached hydrogen (secondary N) is 1. The smallest absolute Gasteiger partial charge is 0.253 e. The second kappa shape index (κ2) is 7.94. The summed E-state index contributed by atoms with van der Waals surface area (Å²) in [6.45, 7) is 0.468. The van der Waals surface area contributed by atoms with Crippen LogP contribution in [0.25, 0.3) is 11.1 Å². The summed E-state index contributed by atoms with van der Waals surface area (Å²) in [6.07, 6.45) is 3.31. The highest BCUT2D eigenvalue weighted by Crippen LogP contribution is 2.23. The zero-order chi connectivity index (χ0) is 17.6. The molecule has 1 heterocycles. The number of methoxy groups -OCH3 is 1. The Morgan fingerprint density at radius 2 is 1.88 bits per heavy atom. The van der Waals surface area contributed by atoms with Gasteiger partial charge in [0.1, 0.15) is 5.75 Å². The molecule has 0 aliphatic carbocycles. The highest BCUT2D eigenvalue weighted by molar-refractivity contribution is 9.10. The zero-order valence-electron chi connectivity index (χ0n) is 13.7. The number of carbonyl (C=O) groups excluding carboxylic acids is 1. The summed E-state index contributed by atoms with van der Waals surface area (Å²) in [7, 11) is 1.63. The number of nitrogens with zero attached hydrogens (tertiary/aromatic N) is 1. The van der Waals surface area contributed by atoms with E-state index in [0.29, 0.717) is 12.1 Å². The topological polar surface area (TPSA) is 51.2 Å². The van der Waals surface area contributed by atoms with Crippen molar-refractivity contribution in [2.24, 2.45) is 0 Å². The summed E-state index contributed by atoms with van der Waals surface area (Å²) < 4.78 is 6.26. The van der Waals surface area contributed by atoms with E-state index < -0.39 is 0 Å². The van der Waals surface area contributed by atoms with Crippen molar-refractivity contribution >= 4 is 21.8 Å². The third kappa shape index (κ3) is 4.45. The summed E-state index contributed by atoms with van der Waals surface area (Å²) in [5.41, 5.74) is 3.38. The highest BCUT2D eigenvalue weighted by Gasteiger charge is 2.08. The summed E-state index contributed by atoms with van der Waals surface area (Å²) in [5, 5.41) is 2.92. The van der Waals surface area contributed by atoms with Gasteiger partial charge in [-0.1, -0.05) is 40.2 Å². The van der Waals surface area contributed by atoms with E-state index in [1.807, 2.05) is 54.6 Å². The number of hydrogen-bond acceptors (Lipinski definition) is 3. The Labute approximate surface area is 155 Å². The molecule has 1 amide bonds. The van der Waals surface area contributed by atoms with Crippen molar-refractivity contribution in [2.75, 3.05) is 7.11 Å². The molecule has 0 fully saturated rings. The normalized spacial score (nSPS) is 10.3. The zero-order valence-corrected chi connectivity index (χ0v) is 15.3. The SMILES string of the molecule is COc1cccc(-c2cncc(C(=O)NCc3ccc(Br)cc3)c2)c1. The first-order valence-electron chi connectivity index (χ1n) is 7.78. The molecule has 2 aromatic carbocycles. The van der Waals surface area contributed by atoms with Gasteiger partial charge in [-0.25, -0.2) is 0 Å². The molecule has 0 spiro atoms. The van der Waals surface area contributed by atoms with Crippen molar-refractivity contribution in [1.82, 2.24) is 10.3 Å². The van der Waals surface area contributed by atoms with Crippen LogP contribution in [0.3, 0.4) is 0 Å². The molecule has 1 aromatic heterocycles. The van der Waals surface area contributed by atoms with E-state index in [1.165, 1.54) is 0 Å². The predicted molar refractivity (Wildman–Crippen MR) is 102 cm³/mol. The van der Waals surface area contributed by atoms with Gasteiger partial charge in [-0.05, 0) is 41.5 Å². The first kappa shape index (κ1) is 17.2. The van der Waals surface area contributed by atoms with Crippen molar-refractivity contribution in [3.8, 4) is 16.9 Å². The molecule has 0 unspecified atom stereocenters. The van der Waals surface area contributed by atoms with Crippen LogP contribution in [0.4, 0.5) is 0 Å². The molecule has 0 saturated carbocycles. The molecular weight excluding hydrogens is 380 g/mol. The first-order chi connectivity index (χ1) is 12.2. The maximum absolute atomic E-state index is 12.4. The predicted octanol–water partition coefficient (Wildman–Crippen LogP) is 4.45. The highest BCUT2D eigenvalue weighted by atomic mass is 79.9. The van der Waals surface area contributed by atoms with Gasteiger partial charge < -0.3 is 10.1 Å². The molecule has 25 heavy (non-hydrogen) atoms. The van der Waals surface area contributed by atoms with E-state index in [0.717, 1.165) is 26.9 Å². The van der Waals surface area contributed by atoms with Crippen LogP contribution < -0.4 is 10.1 Å². The molecule has 4 nitrogen and oxygen atoms in total. The molecule has 126 valence electrons. The van der Waals surface area contributed by atoms with E-state index >= 15 is 0 Å². The number of rotatable bonds is 5. The second-order valence-corrected chi connectivity index (χ2v) is 6.42. The summed E-state index contributed by atoms with van der Waals surface area (Å²) >= 11 is 3.40. The third-order valence-electron chi connectivity index (χ3n) is 3.77. The maximum atomic E-state index is 12.4. The Balaban J connectivity index is 1.74. The van der Waals surface area contributed by atoms with Gasteiger partial charge in [0.05, 0.1) is 12.7 Å². The number of pyridine rings is 1. The lowest BCUT2D eigenvalue weighted by Gasteiger charge is -2.08. The van der Waals surface area contributed by atoms with Crippen LogP contribution >= 0.6 is 15.9 Å². The van der Waals surface area contributed by atoms with E-state index in [1.54, 1.807) is 19.5 Å². The van der Waals surface area contributed by atoms with Crippen LogP contribution in [0, 0.1) is 0 Å². The number of ether oxygens (including phenoxy) is 1. The van der Waals surface area contributed by atoms with Crippen LogP contribution in [0.1, 0.15) is 15.9 Å². The molecule has 0 aliphatic heterocycles. The van der Waals surface area contributed by atoms with E-state index in [2.05, 4.69) is 26.2 Å². The molecule has 0 bridgehead atoms. The minimum Gasteiger partial charge on any atom is -0.497 e. The van der Waals surface area contributed by atoms with Crippen LogP contribution in [0.15, 0.2) is 71.5 Å². The van der Waals surface area contributed by atoms with Crippen molar-refractivity contribution in [2.45, 2.75) is 6.54 Å². The number of benzene rings is 2. The lowest BCUT2D eigenvalue weighted by Crippen LogP contribution is -2.22. The maximum Gasteiger partial charge on any atom is 0.253 e. The fourth-order valence-electron chi connectivity index (χ4n) is 2.41. The van der Waals surface area contributed by atoms with E-state index in [-0.39, 0.29) is 5.91 Å². The largest absolute Gasteiger partial charge is 0.497 e. The van der Waals surface area contributed by atoms with Crippen LogP contribution in [-0.4, -0.2) is 18.0 Å². The van der Waals surface area contributed by atoms with Crippen molar-refractivity contribution in [3.63, 3.8) is 0 Å². The van der Waals surface area contributed by atoms with Crippen molar-refractivity contribution in [3.05, 3.63) is 82.6 Å². The van der Waals surface area contributed by atoms with Crippen LogP contribution in [0.5, 0.6) is 5.75 Å². The van der Waals surface area contributed by atoms with Gasteiger partial charge in [-0.15, -0.1) is 0 Å². The van der Waals surface area contributed by atoms with Crippen LogP contribution in [-0.2, 0) is 6.54 Å². The minimum atomic E-state index is -0.153. The fourth-order valence-corrected chi connectivity index (χ4v) is 2.68. The average molecular weight is 397 g/mol. The van der Waals surface area contributed by atoms with Gasteiger partial charge in [0.2, 0.25) is 0 Å². The molecular formula is C20H17BrN2O2. The molecule has 0 atom stereocenters. The van der Waals surface area contributed by atoms with Crippen molar-refractivity contribution in [1.29, 1.82) is 0 Å². The van der Waals surface area contributed by atoms with E-state index in [9.17, 15) is 4.79 Å². The molecule has 1 N–H and O–H groups in total. The van der Waals surface area contributed by atoms with Gasteiger partial charge in [0, 0.05) is 29.0 Å². The standard InChI is InChI=1S/C20H17BrN2O2/c1-25-19-4-2-3-15(10-19)16-9-17(13-22-12-16)20(24)23-11-14-5-7-18(21)8-6-14/h2-10,12-13H,11H2,1H3,(H,23,24). The number of amides is 1. The van der Waals surface area contributed by atoms with Gasteiger partial charge in [-0.3, -0.25) is 9.78 Å². The number of carbonyl (C=O) groups is 1. The first-order valence-corrected chi connectivity index (χ1v) is 8.57. The Kier molecular flexibility index (Phi) is 5.46. The lowest BCUT2D eigenvalue weighted by atomic mass is 10.1. The van der Waals surface area contributed by atoms with E-state index in [4.69, 9.17) is 4.74 Å². The van der Waals surface area contributed by atoms with Gasteiger partial charge in [-0.2, -0.15) is 0 Å². The second-order valence-electron chi connectivity index (χ2n) is 5.50. The monoisotopic (exact) mass is 396 g/mol. The van der Waals surface area contributed by atoms with Crippen LogP contribution in [0.2, 0.25) is 0 Å². The third-order valence-corrected chi connectivity index (χ3v) is 4.30. The molecule has 0 aliphatic rings. The number of halogens is 1. The van der Waals surface area contributed by atoms with Crippen molar-refractivity contribution < 1.29 is 9.53 Å². The minimum absolute atomic E-state index is 0.153. The quantitative estimate of drug-likeness (QED) is 0.692. The Bertz CT molecular complexity index is 879. The molecule has 5 heteroatoms. The molecule has 0 radical (unpaired) electrons. The Morgan fingerprint density at radius 3 is 2.64 bits per heavy atom. The molecule has 0 saturated heterocycles. The summed E-state index contributed by atoms with van der Waals surface area (Å²) in [6, 6.07) is 17.3. The number of aromatic nitrogens is 1. The number of hydrogen-bond donors (Lipinski definition) is 1. The summed E-state index contributed by atoms with van der Waals surface area (Å²) in [5.74, 6) is 0.614. The molecule has 3 rings (SSSR count). The fraction of sp³-hybridized carbons (Fsp3) is 0.100. The van der Waals surface area contributed by atoms with Gasteiger partial charge >= 0.3 is 0 Å². The average Bonchev–Trinajstić information content (AvgIpc) is 2.67. The lowest BCUT2D eigenvalue weighted by molar-refractivity contribution is 0.0950.